The number of aryl methyl sites for hydroxylation is 1. The SMILES string of the molecule is Cc1cnc(Nc2ccc(F)c(Cl)c2)nc1. The molecular weight excluding hydrogens is 229 g/mol. The van der Waals surface area contributed by atoms with Crippen molar-refractivity contribution in [2.75, 3.05) is 5.32 Å². The summed E-state index contributed by atoms with van der Waals surface area (Å²) in [5, 5.41) is 2.99. The molecule has 0 amide bonds. The molecule has 0 bridgehead atoms. The van der Waals surface area contributed by atoms with E-state index in [0.717, 1.165) is 5.56 Å². The number of hydrogen-bond donors (Lipinski definition) is 1. The lowest BCUT2D eigenvalue weighted by molar-refractivity contribution is 0.628. The van der Waals surface area contributed by atoms with Crippen LogP contribution in [0.15, 0.2) is 30.6 Å². The van der Waals surface area contributed by atoms with Crippen LogP contribution in [0.5, 0.6) is 0 Å². The lowest BCUT2D eigenvalue weighted by atomic mass is 10.3. The first kappa shape index (κ1) is 10.8. The van der Waals surface area contributed by atoms with Gasteiger partial charge in [-0.05, 0) is 30.7 Å². The third-order valence-corrected chi connectivity index (χ3v) is 2.25. The molecule has 2 aromatic rings. The average Bonchev–Trinajstić information content (AvgIpc) is 2.27. The molecule has 0 radical (unpaired) electrons. The molecule has 1 aromatic heterocycles. The Balaban J connectivity index is 2.20. The van der Waals surface area contributed by atoms with Gasteiger partial charge in [-0.15, -0.1) is 0 Å². The number of hydrogen-bond acceptors (Lipinski definition) is 3. The highest BCUT2D eigenvalue weighted by Crippen LogP contribution is 2.21. The predicted octanol–water partition coefficient (Wildman–Crippen LogP) is 3.32. The second-order valence-electron chi connectivity index (χ2n) is 3.34. The fourth-order valence-corrected chi connectivity index (χ4v) is 1.34. The van der Waals surface area contributed by atoms with E-state index in [1.807, 2.05) is 6.92 Å². The Morgan fingerprint density at radius 2 is 1.94 bits per heavy atom. The number of nitrogens with one attached hydrogen (secondary N) is 1. The molecule has 0 aliphatic rings. The van der Waals surface area contributed by atoms with Crippen molar-refractivity contribution in [1.82, 2.24) is 9.97 Å². The monoisotopic (exact) mass is 237 g/mol. The quantitative estimate of drug-likeness (QED) is 0.871. The fraction of sp³-hybridized carbons (Fsp3) is 0.0909. The molecule has 0 aliphatic carbocycles. The first-order valence-corrected chi connectivity index (χ1v) is 5.03. The first-order chi connectivity index (χ1) is 7.65. The van der Waals surface area contributed by atoms with E-state index in [4.69, 9.17) is 11.6 Å². The highest BCUT2D eigenvalue weighted by atomic mass is 35.5. The summed E-state index contributed by atoms with van der Waals surface area (Å²) in [6.07, 6.45) is 3.39. The molecule has 0 unspecified atom stereocenters. The number of nitrogens with zero attached hydrogens (tertiary/aromatic N) is 2. The van der Waals surface area contributed by atoms with E-state index < -0.39 is 5.82 Å². The molecule has 1 heterocycles. The van der Waals surface area contributed by atoms with Crippen LogP contribution in [0.3, 0.4) is 0 Å². The zero-order chi connectivity index (χ0) is 11.5. The molecule has 82 valence electrons. The molecule has 0 saturated carbocycles. The van der Waals surface area contributed by atoms with E-state index in [1.54, 1.807) is 18.5 Å². The summed E-state index contributed by atoms with van der Waals surface area (Å²) in [7, 11) is 0. The van der Waals surface area contributed by atoms with E-state index in [2.05, 4.69) is 15.3 Å². The van der Waals surface area contributed by atoms with Gasteiger partial charge in [0.05, 0.1) is 5.02 Å². The largest absolute Gasteiger partial charge is 0.324 e. The standard InChI is InChI=1S/C11H9ClFN3/c1-7-5-14-11(15-6-7)16-8-2-3-10(13)9(12)4-8/h2-6H,1H3,(H,14,15,16). The van der Waals surface area contributed by atoms with Crippen molar-refractivity contribution >= 4 is 23.2 Å². The molecule has 3 nitrogen and oxygen atoms in total. The summed E-state index contributed by atoms with van der Waals surface area (Å²) in [5.74, 6) is 0.00492. The number of benzene rings is 1. The molecule has 16 heavy (non-hydrogen) atoms. The maximum atomic E-state index is 12.9. The van der Waals surface area contributed by atoms with E-state index in [-0.39, 0.29) is 5.02 Å². The van der Waals surface area contributed by atoms with Crippen LogP contribution in [-0.2, 0) is 0 Å². The highest BCUT2D eigenvalue weighted by molar-refractivity contribution is 6.31. The van der Waals surface area contributed by atoms with Crippen molar-refractivity contribution in [2.24, 2.45) is 0 Å². The third-order valence-electron chi connectivity index (χ3n) is 1.96. The molecule has 0 saturated heterocycles. The summed E-state index contributed by atoms with van der Waals surface area (Å²) in [6, 6.07) is 4.35. The van der Waals surface area contributed by atoms with Crippen molar-refractivity contribution in [1.29, 1.82) is 0 Å². The second-order valence-corrected chi connectivity index (χ2v) is 3.75. The van der Waals surface area contributed by atoms with Crippen LogP contribution in [0.1, 0.15) is 5.56 Å². The van der Waals surface area contributed by atoms with Gasteiger partial charge in [0.25, 0.3) is 0 Å². The van der Waals surface area contributed by atoms with Gasteiger partial charge in [0.1, 0.15) is 5.82 Å². The molecule has 1 N–H and O–H groups in total. The van der Waals surface area contributed by atoms with Crippen LogP contribution in [0.2, 0.25) is 5.02 Å². The summed E-state index contributed by atoms with van der Waals surface area (Å²) < 4.78 is 12.9. The number of rotatable bonds is 2. The Labute approximate surface area is 97.3 Å². The lowest BCUT2D eigenvalue weighted by Gasteiger charge is -2.05. The summed E-state index contributed by atoms with van der Waals surface area (Å²) in [4.78, 5) is 8.13. The van der Waals surface area contributed by atoms with Gasteiger partial charge in [-0.3, -0.25) is 0 Å². The number of halogens is 2. The van der Waals surface area contributed by atoms with Crippen LogP contribution >= 0.6 is 11.6 Å². The molecular formula is C11H9ClFN3. The van der Waals surface area contributed by atoms with Gasteiger partial charge in [-0.2, -0.15) is 0 Å². The Morgan fingerprint density at radius 1 is 1.25 bits per heavy atom. The maximum absolute atomic E-state index is 12.9. The third kappa shape index (κ3) is 2.46. The first-order valence-electron chi connectivity index (χ1n) is 4.66. The van der Waals surface area contributed by atoms with Gasteiger partial charge in [0.15, 0.2) is 0 Å². The van der Waals surface area contributed by atoms with Crippen molar-refractivity contribution in [2.45, 2.75) is 6.92 Å². The molecule has 0 atom stereocenters. The molecule has 0 fully saturated rings. The fourth-order valence-electron chi connectivity index (χ4n) is 1.16. The minimum Gasteiger partial charge on any atom is -0.324 e. The average molecular weight is 238 g/mol. The van der Waals surface area contributed by atoms with E-state index in [9.17, 15) is 4.39 Å². The van der Waals surface area contributed by atoms with Crippen molar-refractivity contribution in [3.63, 3.8) is 0 Å². The van der Waals surface area contributed by atoms with Crippen molar-refractivity contribution in [3.05, 3.63) is 47.0 Å². The Bertz CT molecular complexity index is 499. The van der Waals surface area contributed by atoms with Gasteiger partial charge in [-0.25, -0.2) is 14.4 Å². The van der Waals surface area contributed by atoms with Crippen molar-refractivity contribution < 1.29 is 4.39 Å². The predicted molar refractivity (Wildman–Crippen MR) is 61.5 cm³/mol. The van der Waals surface area contributed by atoms with Gasteiger partial charge in [0, 0.05) is 18.1 Å². The second kappa shape index (κ2) is 4.45. The van der Waals surface area contributed by atoms with Crippen LogP contribution in [0.25, 0.3) is 0 Å². The van der Waals surface area contributed by atoms with Crippen LogP contribution < -0.4 is 5.32 Å². The zero-order valence-corrected chi connectivity index (χ0v) is 9.29. The van der Waals surface area contributed by atoms with E-state index >= 15 is 0 Å². The molecule has 5 heteroatoms. The van der Waals surface area contributed by atoms with Gasteiger partial charge < -0.3 is 5.32 Å². The summed E-state index contributed by atoms with van der Waals surface area (Å²) >= 11 is 5.65. The lowest BCUT2D eigenvalue weighted by Crippen LogP contribution is -1.96. The van der Waals surface area contributed by atoms with Gasteiger partial charge in [-0.1, -0.05) is 11.6 Å². The minimum atomic E-state index is -0.447. The van der Waals surface area contributed by atoms with Crippen LogP contribution in [0, 0.1) is 12.7 Å². The normalized spacial score (nSPS) is 10.2. The highest BCUT2D eigenvalue weighted by Gasteiger charge is 2.02. The van der Waals surface area contributed by atoms with E-state index in [0.29, 0.717) is 11.6 Å². The van der Waals surface area contributed by atoms with Gasteiger partial charge >= 0.3 is 0 Å². The molecule has 0 aliphatic heterocycles. The van der Waals surface area contributed by atoms with Crippen molar-refractivity contribution in [3.8, 4) is 0 Å². The molecule has 1 aromatic carbocycles. The number of aromatic nitrogens is 2. The van der Waals surface area contributed by atoms with Crippen LogP contribution in [-0.4, -0.2) is 9.97 Å². The molecule has 0 spiro atoms. The van der Waals surface area contributed by atoms with E-state index in [1.165, 1.54) is 12.1 Å². The Hall–Kier alpha value is -1.68. The Kier molecular flexibility index (Phi) is 3.01. The maximum Gasteiger partial charge on any atom is 0.227 e. The van der Waals surface area contributed by atoms with Gasteiger partial charge in [0.2, 0.25) is 5.95 Å². The number of anilines is 2. The minimum absolute atomic E-state index is 0.0668. The smallest absolute Gasteiger partial charge is 0.227 e. The summed E-state index contributed by atoms with van der Waals surface area (Å²) in [6.45, 7) is 1.90. The molecule has 2 rings (SSSR count). The zero-order valence-electron chi connectivity index (χ0n) is 8.54. The Morgan fingerprint density at radius 3 is 2.56 bits per heavy atom. The van der Waals surface area contributed by atoms with Crippen LogP contribution in [0.4, 0.5) is 16.0 Å². The topological polar surface area (TPSA) is 37.8 Å². The summed E-state index contributed by atoms with van der Waals surface area (Å²) in [5.41, 5.74) is 1.62.